The predicted octanol–water partition coefficient (Wildman–Crippen LogP) is 0.964. The number of morpholine rings is 1. The highest BCUT2D eigenvalue weighted by atomic mass is 16.5. The number of hydrogen-bond donors (Lipinski definition) is 1. The number of rotatable bonds is 3. The molecule has 6 heteroatoms. The van der Waals surface area contributed by atoms with Crippen molar-refractivity contribution in [3.8, 4) is 0 Å². The van der Waals surface area contributed by atoms with E-state index in [4.69, 9.17) is 9.15 Å². The smallest absolute Gasteiger partial charge is 0.318 e. The molecular formula is C11H20N4O2. The average molecular weight is 240 g/mol. The Labute approximate surface area is 101 Å². The zero-order valence-corrected chi connectivity index (χ0v) is 10.8. The molecule has 2 rings (SSSR count). The van der Waals surface area contributed by atoms with Crippen LogP contribution in [-0.2, 0) is 4.74 Å². The van der Waals surface area contributed by atoms with E-state index in [1.807, 2.05) is 14.0 Å². The van der Waals surface area contributed by atoms with Gasteiger partial charge in [0.1, 0.15) is 0 Å². The second-order valence-electron chi connectivity index (χ2n) is 4.60. The van der Waals surface area contributed by atoms with Crippen LogP contribution in [0.25, 0.3) is 0 Å². The zero-order valence-electron chi connectivity index (χ0n) is 10.8. The fraction of sp³-hybridized carbons (Fsp3) is 0.818. The van der Waals surface area contributed by atoms with Crippen molar-refractivity contribution >= 4 is 6.01 Å². The van der Waals surface area contributed by atoms with Crippen molar-refractivity contribution in [3.63, 3.8) is 0 Å². The van der Waals surface area contributed by atoms with Gasteiger partial charge in [0.2, 0.25) is 5.89 Å². The maximum absolute atomic E-state index is 5.67. The summed E-state index contributed by atoms with van der Waals surface area (Å²) in [6.45, 7) is 7.67. The summed E-state index contributed by atoms with van der Waals surface area (Å²) in [6.07, 6.45) is 0.381. The molecule has 1 aromatic heterocycles. The fourth-order valence-electron chi connectivity index (χ4n) is 1.99. The van der Waals surface area contributed by atoms with Crippen LogP contribution in [0.2, 0.25) is 0 Å². The predicted molar refractivity (Wildman–Crippen MR) is 64.0 cm³/mol. The molecule has 0 amide bonds. The van der Waals surface area contributed by atoms with E-state index in [0.29, 0.717) is 11.9 Å². The Morgan fingerprint density at radius 3 is 2.53 bits per heavy atom. The van der Waals surface area contributed by atoms with Crippen molar-refractivity contribution in [2.24, 2.45) is 0 Å². The highest BCUT2D eigenvalue weighted by Crippen LogP contribution is 2.21. The number of ether oxygens (including phenoxy) is 1. The van der Waals surface area contributed by atoms with E-state index in [0.717, 1.165) is 13.1 Å². The molecule has 0 saturated carbocycles. The first-order valence-electron chi connectivity index (χ1n) is 6.01. The van der Waals surface area contributed by atoms with Crippen molar-refractivity contribution in [3.05, 3.63) is 5.89 Å². The van der Waals surface area contributed by atoms with E-state index >= 15 is 0 Å². The van der Waals surface area contributed by atoms with Gasteiger partial charge in [-0.3, -0.25) is 0 Å². The molecule has 0 spiro atoms. The van der Waals surface area contributed by atoms with E-state index in [1.54, 1.807) is 0 Å². The summed E-state index contributed by atoms with van der Waals surface area (Å²) in [4.78, 5) is 2.08. The minimum atomic E-state index is 0.0761. The molecule has 3 atom stereocenters. The maximum Gasteiger partial charge on any atom is 0.318 e. The first-order valence-corrected chi connectivity index (χ1v) is 6.01. The maximum atomic E-state index is 5.67. The van der Waals surface area contributed by atoms with Crippen molar-refractivity contribution in [1.29, 1.82) is 0 Å². The van der Waals surface area contributed by atoms with Crippen LogP contribution in [0.15, 0.2) is 4.42 Å². The van der Waals surface area contributed by atoms with Crippen molar-refractivity contribution in [1.82, 2.24) is 15.5 Å². The minimum absolute atomic E-state index is 0.0761. The lowest BCUT2D eigenvalue weighted by Gasteiger charge is -2.33. The molecule has 1 saturated heterocycles. The molecule has 1 N–H and O–H groups in total. The molecule has 17 heavy (non-hydrogen) atoms. The molecular weight excluding hydrogens is 220 g/mol. The number of aromatic nitrogens is 2. The lowest BCUT2D eigenvalue weighted by Crippen LogP contribution is -2.45. The molecule has 6 nitrogen and oxygen atoms in total. The van der Waals surface area contributed by atoms with Crippen molar-refractivity contribution in [2.75, 3.05) is 25.0 Å². The molecule has 1 aromatic rings. The second kappa shape index (κ2) is 5.01. The molecule has 1 aliphatic rings. The number of nitrogens with zero attached hydrogens (tertiary/aromatic N) is 3. The normalized spacial score (nSPS) is 27.2. The van der Waals surface area contributed by atoms with Gasteiger partial charge in [0, 0.05) is 13.1 Å². The first-order chi connectivity index (χ1) is 8.10. The van der Waals surface area contributed by atoms with Gasteiger partial charge >= 0.3 is 6.01 Å². The Morgan fingerprint density at radius 1 is 1.29 bits per heavy atom. The van der Waals surface area contributed by atoms with Gasteiger partial charge in [-0.25, -0.2) is 0 Å². The van der Waals surface area contributed by atoms with Crippen LogP contribution in [0.3, 0.4) is 0 Å². The van der Waals surface area contributed by atoms with E-state index in [9.17, 15) is 0 Å². The molecule has 2 heterocycles. The van der Waals surface area contributed by atoms with Crippen molar-refractivity contribution < 1.29 is 9.15 Å². The Balaban J connectivity index is 2.09. The molecule has 0 bridgehead atoms. The Morgan fingerprint density at radius 2 is 1.94 bits per heavy atom. The monoisotopic (exact) mass is 240 g/mol. The summed E-state index contributed by atoms with van der Waals surface area (Å²) >= 11 is 0. The van der Waals surface area contributed by atoms with Crippen LogP contribution in [0.1, 0.15) is 32.7 Å². The lowest BCUT2D eigenvalue weighted by molar-refractivity contribution is -0.00677. The largest absolute Gasteiger partial charge is 0.406 e. The number of anilines is 1. The summed E-state index contributed by atoms with van der Waals surface area (Å²) in [5, 5.41) is 11.2. The summed E-state index contributed by atoms with van der Waals surface area (Å²) in [7, 11) is 1.87. The molecule has 1 fully saturated rings. The molecule has 0 aromatic carbocycles. The third-order valence-corrected chi connectivity index (χ3v) is 2.92. The van der Waals surface area contributed by atoms with Crippen LogP contribution >= 0.6 is 0 Å². The molecule has 0 aliphatic carbocycles. The second-order valence-corrected chi connectivity index (χ2v) is 4.60. The van der Waals surface area contributed by atoms with Crippen LogP contribution in [0, 0.1) is 0 Å². The summed E-state index contributed by atoms with van der Waals surface area (Å²) < 4.78 is 11.3. The third kappa shape index (κ3) is 2.76. The lowest BCUT2D eigenvalue weighted by atomic mass is 10.2. The summed E-state index contributed by atoms with van der Waals surface area (Å²) in [5.41, 5.74) is 0. The number of hydrogen-bond acceptors (Lipinski definition) is 6. The van der Waals surface area contributed by atoms with Crippen LogP contribution < -0.4 is 10.2 Å². The van der Waals surface area contributed by atoms with Gasteiger partial charge in [0.15, 0.2) is 0 Å². The van der Waals surface area contributed by atoms with Crippen LogP contribution in [0.5, 0.6) is 0 Å². The highest BCUT2D eigenvalue weighted by Gasteiger charge is 2.26. The Bertz CT molecular complexity index is 358. The molecule has 1 aliphatic heterocycles. The molecule has 0 radical (unpaired) electrons. The van der Waals surface area contributed by atoms with Gasteiger partial charge in [-0.1, -0.05) is 5.10 Å². The average Bonchev–Trinajstić information content (AvgIpc) is 2.76. The Hall–Kier alpha value is -1.14. The van der Waals surface area contributed by atoms with Gasteiger partial charge in [-0.15, -0.1) is 5.10 Å². The van der Waals surface area contributed by atoms with Gasteiger partial charge in [-0.2, -0.15) is 0 Å². The summed E-state index contributed by atoms with van der Waals surface area (Å²) in [5.74, 6) is 0.620. The molecule has 3 unspecified atom stereocenters. The van der Waals surface area contributed by atoms with Gasteiger partial charge in [0.05, 0.1) is 18.2 Å². The van der Waals surface area contributed by atoms with Gasteiger partial charge in [-0.05, 0) is 27.8 Å². The highest BCUT2D eigenvalue weighted by molar-refractivity contribution is 5.26. The number of nitrogens with one attached hydrogen (secondary N) is 1. The first kappa shape index (κ1) is 12.3. The SMILES string of the molecule is CNC(C)c1nnc(N2CC(C)OC(C)C2)o1. The summed E-state index contributed by atoms with van der Waals surface area (Å²) in [6, 6.07) is 0.663. The van der Waals surface area contributed by atoms with E-state index in [2.05, 4.69) is 34.3 Å². The fourth-order valence-corrected chi connectivity index (χ4v) is 1.99. The van der Waals surface area contributed by atoms with Gasteiger partial charge < -0.3 is 19.4 Å². The topological polar surface area (TPSA) is 63.4 Å². The zero-order chi connectivity index (χ0) is 12.4. The van der Waals surface area contributed by atoms with Crippen LogP contribution in [-0.4, -0.2) is 42.5 Å². The standard InChI is InChI=1S/C11H20N4O2/c1-7-5-15(6-8(2)16-7)11-14-13-10(17-11)9(3)12-4/h7-9,12H,5-6H2,1-4H3. The van der Waals surface area contributed by atoms with E-state index in [1.165, 1.54) is 0 Å². The van der Waals surface area contributed by atoms with E-state index < -0.39 is 0 Å². The third-order valence-electron chi connectivity index (χ3n) is 2.92. The van der Waals surface area contributed by atoms with E-state index in [-0.39, 0.29) is 18.2 Å². The van der Waals surface area contributed by atoms with Gasteiger partial charge in [0.25, 0.3) is 0 Å². The quantitative estimate of drug-likeness (QED) is 0.849. The van der Waals surface area contributed by atoms with Crippen molar-refractivity contribution in [2.45, 2.75) is 39.0 Å². The molecule has 96 valence electrons. The minimum Gasteiger partial charge on any atom is -0.406 e. The van der Waals surface area contributed by atoms with Crippen LogP contribution in [0.4, 0.5) is 6.01 Å². The Kier molecular flexibility index (Phi) is 3.63.